The van der Waals surface area contributed by atoms with Crippen LogP contribution in [0.2, 0.25) is 0 Å². The fourth-order valence-electron chi connectivity index (χ4n) is 0.920. The van der Waals surface area contributed by atoms with Gasteiger partial charge in [0.15, 0.2) is 0 Å². The largest absolute Gasteiger partial charge is 0.481 e. The van der Waals surface area contributed by atoms with E-state index in [-0.39, 0.29) is 37.0 Å². The Morgan fingerprint density at radius 1 is 1.28 bits per heavy atom. The number of thioether (sulfide) groups is 1. The van der Waals surface area contributed by atoms with Crippen molar-refractivity contribution in [2.75, 3.05) is 18.8 Å². The van der Waals surface area contributed by atoms with Crippen LogP contribution in [0.4, 0.5) is 18.0 Å². The number of amides is 2. The first-order chi connectivity index (χ1) is 8.22. The maximum absolute atomic E-state index is 11.7. The highest BCUT2D eigenvalue weighted by atomic mass is 32.2. The third kappa shape index (κ3) is 10.1. The fraction of sp³-hybridized carbons (Fsp3) is 0.778. The third-order valence-electron chi connectivity index (χ3n) is 1.94. The number of urea groups is 1. The summed E-state index contributed by atoms with van der Waals surface area (Å²) in [5, 5.41) is 13.2. The van der Waals surface area contributed by atoms with Crippen LogP contribution in [0.15, 0.2) is 0 Å². The highest BCUT2D eigenvalue weighted by molar-refractivity contribution is 8.00. The van der Waals surface area contributed by atoms with Crippen LogP contribution in [-0.2, 0) is 4.79 Å². The third-order valence-corrected chi connectivity index (χ3v) is 2.67. The molecule has 18 heavy (non-hydrogen) atoms. The van der Waals surface area contributed by atoms with Gasteiger partial charge in [-0.15, -0.1) is 0 Å². The second-order valence-electron chi connectivity index (χ2n) is 3.50. The summed E-state index contributed by atoms with van der Waals surface area (Å²) in [5.41, 5.74) is -4.30. The zero-order chi connectivity index (χ0) is 14.2. The predicted molar refractivity (Wildman–Crippen MR) is 61.3 cm³/mol. The van der Waals surface area contributed by atoms with Crippen LogP contribution >= 0.6 is 11.8 Å². The Bertz CT molecular complexity index is 287. The van der Waals surface area contributed by atoms with Crippen molar-refractivity contribution in [2.24, 2.45) is 5.92 Å². The van der Waals surface area contributed by atoms with Crippen molar-refractivity contribution >= 4 is 23.8 Å². The molecule has 0 aliphatic carbocycles. The minimum atomic E-state index is -4.30. The molecular weight excluding hydrogens is 273 g/mol. The van der Waals surface area contributed by atoms with Gasteiger partial charge in [0.2, 0.25) is 0 Å². The maximum Gasteiger partial charge on any atom is 0.441 e. The molecule has 0 fully saturated rings. The second kappa shape index (κ2) is 8.06. The molecule has 0 spiro atoms. The molecule has 0 bridgehead atoms. The second-order valence-corrected chi connectivity index (χ2v) is 4.66. The van der Waals surface area contributed by atoms with E-state index in [0.717, 1.165) is 0 Å². The molecule has 0 aliphatic rings. The van der Waals surface area contributed by atoms with Gasteiger partial charge in [0.25, 0.3) is 0 Å². The molecule has 0 aromatic rings. The zero-order valence-corrected chi connectivity index (χ0v) is 10.5. The Morgan fingerprint density at radius 2 is 1.83 bits per heavy atom. The van der Waals surface area contributed by atoms with Crippen molar-refractivity contribution in [3.63, 3.8) is 0 Å². The van der Waals surface area contributed by atoms with E-state index in [0.29, 0.717) is 0 Å². The van der Waals surface area contributed by atoms with Crippen molar-refractivity contribution in [3.05, 3.63) is 0 Å². The van der Waals surface area contributed by atoms with Gasteiger partial charge in [0.05, 0.1) is 5.92 Å². The average Bonchev–Trinajstić information content (AvgIpc) is 2.22. The molecule has 0 radical (unpaired) electrons. The number of alkyl halides is 3. The van der Waals surface area contributed by atoms with Gasteiger partial charge < -0.3 is 15.7 Å². The van der Waals surface area contributed by atoms with Crippen LogP contribution in [0.5, 0.6) is 0 Å². The van der Waals surface area contributed by atoms with Gasteiger partial charge in [-0.1, -0.05) is 6.92 Å². The lowest BCUT2D eigenvalue weighted by atomic mass is 10.1. The lowest BCUT2D eigenvalue weighted by Gasteiger charge is -2.09. The first-order valence-corrected chi connectivity index (χ1v) is 6.16. The summed E-state index contributed by atoms with van der Waals surface area (Å²) < 4.78 is 35.2. The first-order valence-electron chi connectivity index (χ1n) is 5.17. The quantitative estimate of drug-likeness (QED) is 0.622. The van der Waals surface area contributed by atoms with Crippen molar-refractivity contribution < 1.29 is 27.9 Å². The number of hydrogen-bond acceptors (Lipinski definition) is 3. The summed E-state index contributed by atoms with van der Waals surface area (Å²) in [4.78, 5) is 21.5. The Balaban J connectivity index is 3.52. The monoisotopic (exact) mass is 288 g/mol. The molecule has 1 atom stereocenters. The number of nitrogens with one attached hydrogen (secondary N) is 2. The average molecular weight is 288 g/mol. The van der Waals surface area contributed by atoms with E-state index in [2.05, 4.69) is 10.6 Å². The van der Waals surface area contributed by atoms with Gasteiger partial charge in [0.1, 0.15) is 0 Å². The normalized spacial score (nSPS) is 12.9. The molecule has 2 amide bonds. The van der Waals surface area contributed by atoms with Gasteiger partial charge in [0, 0.05) is 18.8 Å². The van der Waals surface area contributed by atoms with Crippen LogP contribution in [0.1, 0.15) is 13.3 Å². The van der Waals surface area contributed by atoms with E-state index in [1.54, 1.807) is 0 Å². The Morgan fingerprint density at radius 3 is 2.33 bits per heavy atom. The summed E-state index contributed by atoms with van der Waals surface area (Å²) in [5.74, 6) is -1.80. The standard InChI is InChI=1S/C9H15F3N2O3S/c1-6(7(15)16)2-3-13-8(17)14-4-5-18-9(10,11)12/h6H,2-5H2,1H3,(H,15,16)(H2,13,14,17). The molecule has 0 aromatic heterocycles. The van der Waals surface area contributed by atoms with E-state index >= 15 is 0 Å². The van der Waals surface area contributed by atoms with Crippen molar-refractivity contribution in [3.8, 4) is 0 Å². The minimum Gasteiger partial charge on any atom is -0.481 e. The molecule has 9 heteroatoms. The van der Waals surface area contributed by atoms with Crippen LogP contribution < -0.4 is 10.6 Å². The van der Waals surface area contributed by atoms with Crippen molar-refractivity contribution in [1.82, 2.24) is 10.6 Å². The Hall–Kier alpha value is -1.12. The number of carboxylic acid groups (broad SMARTS) is 1. The van der Waals surface area contributed by atoms with Crippen molar-refractivity contribution in [1.29, 1.82) is 0 Å². The SMILES string of the molecule is CC(CCNC(=O)NCCSC(F)(F)F)C(=O)O. The summed E-state index contributed by atoms with van der Waals surface area (Å²) >= 11 is -0.212. The molecule has 0 saturated carbocycles. The predicted octanol–water partition coefficient (Wildman–Crippen LogP) is 1.65. The first kappa shape index (κ1) is 16.9. The highest BCUT2D eigenvalue weighted by Crippen LogP contribution is 2.29. The molecule has 5 nitrogen and oxygen atoms in total. The summed E-state index contributed by atoms with van der Waals surface area (Å²) in [7, 11) is 0. The summed E-state index contributed by atoms with van der Waals surface area (Å²) in [6.07, 6.45) is 0.264. The number of rotatable bonds is 7. The van der Waals surface area contributed by atoms with Gasteiger partial charge >= 0.3 is 17.5 Å². The summed E-state index contributed by atoms with van der Waals surface area (Å²) in [6, 6.07) is -0.602. The molecule has 0 heterocycles. The number of carboxylic acids is 1. The minimum absolute atomic E-state index is 0.107. The summed E-state index contributed by atoms with van der Waals surface area (Å²) in [6.45, 7) is 1.55. The van der Waals surface area contributed by atoms with Gasteiger partial charge in [-0.05, 0) is 18.2 Å². The topological polar surface area (TPSA) is 78.4 Å². The number of halogens is 3. The van der Waals surface area contributed by atoms with Gasteiger partial charge in [-0.3, -0.25) is 4.79 Å². The van der Waals surface area contributed by atoms with Crippen LogP contribution in [-0.4, -0.2) is 41.5 Å². The van der Waals surface area contributed by atoms with Gasteiger partial charge in [-0.25, -0.2) is 4.79 Å². The lowest BCUT2D eigenvalue weighted by Crippen LogP contribution is -2.38. The van der Waals surface area contributed by atoms with Crippen LogP contribution in [0.3, 0.4) is 0 Å². The molecule has 0 aromatic carbocycles. The smallest absolute Gasteiger partial charge is 0.441 e. The number of carbonyl (C=O) groups is 2. The molecule has 0 rings (SSSR count). The Kier molecular flexibility index (Phi) is 7.56. The molecule has 3 N–H and O–H groups in total. The van der Waals surface area contributed by atoms with E-state index in [1.807, 2.05) is 0 Å². The zero-order valence-electron chi connectivity index (χ0n) is 9.71. The van der Waals surface area contributed by atoms with E-state index < -0.39 is 23.4 Å². The van der Waals surface area contributed by atoms with Gasteiger partial charge in [-0.2, -0.15) is 13.2 Å². The maximum atomic E-state index is 11.7. The van der Waals surface area contributed by atoms with E-state index in [9.17, 15) is 22.8 Å². The molecule has 106 valence electrons. The van der Waals surface area contributed by atoms with Crippen LogP contribution in [0, 0.1) is 5.92 Å². The van der Waals surface area contributed by atoms with Crippen LogP contribution in [0.25, 0.3) is 0 Å². The molecule has 1 unspecified atom stereocenters. The lowest BCUT2D eigenvalue weighted by molar-refractivity contribution is -0.141. The number of aliphatic carboxylic acids is 1. The number of hydrogen-bond donors (Lipinski definition) is 3. The van der Waals surface area contributed by atoms with E-state index in [1.165, 1.54) is 6.92 Å². The molecule has 0 saturated heterocycles. The number of carbonyl (C=O) groups excluding carboxylic acids is 1. The van der Waals surface area contributed by atoms with E-state index in [4.69, 9.17) is 5.11 Å². The molecular formula is C9H15F3N2O3S. The van der Waals surface area contributed by atoms with Crippen molar-refractivity contribution in [2.45, 2.75) is 18.9 Å². The molecule has 0 aliphatic heterocycles. The Labute approximate surface area is 106 Å². The fourth-order valence-corrected chi connectivity index (χ4v) is 1.36. The highest BCUT2D eigenvalue weighted by Gasteiger charge is 2.27.